The van der Waals surface area contributed by atoms with Crippen LogP contribution in [-0.2, 0) is 21.8 Å². The number of hydrogen-bond donors (Lipinski definition) is 1. The van der Waals surface area contributed by atoms with Crippen molar-refractivity contribution < 1.29 is 17.9 Å². The van der Waals surface area contributed by atoms with Crippen LogP contribution in [0.4, 0.5) is 0 Å². The molecule has 0 radical (unpaired) electrons. The number of carbonyl (C=O) groups is 1. The summed E-state index contributed by atoms with van der Waals surface area (Å²) in [7, 11) is -0.418. The van der Waals surface area contributed by atoms with Gasteiger partial charge in [0.15, 0.2) is 4.80 Å². The first-order chi connectivity index (χ1) is 10.9. The van der Waals surface area contributed by atoms with Gasteiger partial charge in [-0.2, -0.15) is 4.99 Å². The Bertz CT molecular complexity index is 853. The van der Waals surface area contributed by atoms with Crippen molar-refractivity contribution in [3.63, 3.8) is 0 Å². The van der Waals surface area contributed by atoms with Crippen LogP contribution in [0.25, 0.3) is 0 Å². The van der Waals surface area contributed by atoms with Gasteiger partial charge in [-0.3, -0.25) is 4.79 Å². The number of nitrogens with zero attached hydrogens (tertiary/aromatic N) is 2. The Balaban J connectivity index is 2.26. The lowest BCUT2D eigenvalue weighted by Gasteiger charge is -2.07. The van der Waals surface area contributed by atoms with Crippen molar-refractivity contribution in [2.24, 2.45) is 12.0 Å². The molecule has 9 heteroatoms. The number of amides is 1. The molecule has 1 N–H and O–H groups in total. The molecule has 0 aliphatic carbocycles. The van der Waals surface area contributed by atoms with Crippen LogP contribution < -0.4 is 9.52 Å². The van der Waals surface area contributed by atoms with E-state index >= 15 is 0 Å². The fourth-order valence-electron chi connectivity index (χ4n) is 1.74. The molecule has 0 aliphatic rings. The number of aromatic nitrogens is 1. The lowest BCUT2D eigenvalue weighted by molar-refractivity contribution is 0.0997. The van der Waals surface area contributed by atoms with E-state index in [4.69, 9.17) is 4.74 Å². The van der Waals surface area contributed by atoms with Crippen LogP contribution in [0.5, 0.6) is 0 Å². The number of aryl methyl sites for hydroxylation is 1. The molecule has 1 amide bonds. The summed E-state index contributed by atoms with van der Waals surface area (Å²) in [5.74, 6) is -0.489. The van der Waals surface area contributed by atoms with E-state index in [1.165, 1.54) is 42.7 Å². The number of hydrogen-bond acceptors (Lipinski definition) is 5. The van der Waals surface area contributed by atoms with Gasteiger partial charge in [0.25, 0.3) is 5.91 Å². The molecule has 0 unspecified atom stereocenters. The zero-order chi connectivity index (χ0) is 16.9. The van der Waals surface area contributed by atoms with E-state index in [0.29, 0.717) is 4.80 Å². The van der Waals surface area contributed by atoms with Crippen LogP contribution in [0.15, 0.2) is 45.7 Å². The maximum Gasteiger partial charge on any atom is 0.279 e. The minimum atomic E-state index is -3.69. The molecule has 0 atom stereocenters. The Morgan fingerprint density at radius 2 is 2.22 bits per heavy atom. The Labute approximate surface area is 138 Å². The number of ether oxygens (including phenoxy) is 1. The Hall–Kier alpha value is -1.81. The summed E-state index contributed by atoms with van der Waals surface area (Å²) in [5.41, 5.74) is 0.216. The summed E-state index contributed by atoms with van der Waals surface area (Å²) < 4.78 is 33.2. The van der Waals surface area contributed by atoms with Crippen LogP contribution in [0.1, 0.15) is 10.4 Å². The molecule has 7 nitrogen and oxygen atoms in total. The number of nitrogens with one attached hydrogen (secondary N) is 1. The fourth-order valence-corrected chi connectivity index (χ4v) is 3.53. The molecule has 2 aromatic rings. The molecule has 1 heterocycles. The number of rotatable bonds is 6. The molecule has 0 aliphatic heterocycles. The predicted molar refractivity (Wildman–Crippen MR) is 86.7 cm³/mol. The van der Waals surface area contributed by atoms with Crippen LogP contribution in [0.3, 0.4) is 0 Å². The summed E-state index contributed by atoms with van der Waals surface area (Å²) in [4.78, 5) is 16.8. The lowest BCUT2D eigenvalue weighted by atomic mass is 10.2. The van der Waals surface area contributed by atoms with Crippen molar-refractivity contribution in [2.45, 2.75) is 4.90 Å². The Morgan fingerprint density at radius 1 is 1.43 bits per heavy atom. The third kappa shape index (κ3) is 4.58. The first kappa shape index (κ1) is 17.5. The van der Waals surface area contributed by atoms with Gasteiger partial charge in [-0.25, -0.2) is 13.1 Å². The minimum absolute atomic E-state index is 0.0187. The Kier molecular flexibility index (Phi) is 5.83. The standard InChI is InChI=1S/C14H17N3O4S2/c1-17-7-9-22-14(17)16-13(18)11-4-3-5-12(10-11)23(19,20)15-6-8-21-2/h3-5,7,9-10,15H,6,8H2,1-2H3. The second-order valence-electron chi connectivity index (χ2n) is 4.63. The summed E-state index contributed by atoms with van der Waals surface area (Å²) in [5, 5.41) is 1.81. The molecule has 23 heavy (non-hydrogen) atoms. The molecule has 0 spiro atoms. The topological polar surface area (TPSA) is 89.8 Å². The van der Waals surface area contributed by atoms with Crippen LogP contribution in [-0.4, -0.2) is 39.2 Å². The first-order valence-corrected chi connectivity index (χ1v) is 9.08. The molecule has 124 valence electrons. The summed E-state index contributed by atoms with van der Waals surface area (Å²) in [6, 6.07) is 5.79. The van der Waals surface area contributed by atoms with Gasteiger partial charge in [0.2, 0.25) is 10.0 Å². The largest absolute Gasteiger partial charge is 0.383 e. The number of thiazole rings is 1. The Morgan fingerprint density at radius 3 is 2.87 bits per heavy atom. The lowest BCUT2D eigenvalue weighted by Crippen LogP contribution is -2.27. The van der Waals surface area contributed by atoms with Gasteiger partial charge in [0, 0.05) is 37.8 Å². The predicted octanol–water partition coefficient (Wildman–Crippen LogP) is 0.752. The van der Waals surface area contributed by atoms with Crippen LogP contribution in [0, 0.1) is 0 Å². The molecule has 0 fully saturated rings. The number of sulfonamides is 1. The number of methoxy groups -OCH3 is 1. The van der Waals surface area contributed by atoms with E-state index in [0.717, 1.165) is 0 Å². The van der Waals surface area contributed by atoms with Gasteiger partial charge >= 0.3 is 0 Å². The van der Waals surface area contributed by atoms with E-state index < -0.39 is 15.9 Å². The number of benzene rings is 1. The summed E-state index contributed by atoms with van der Waals surface area (Å²) in [6.07, 6.45) is 1.79. The number of carbonyl (C=O) groups excluding carboxylic acids is 1. The van der Waals surface area contributed by atoms with Crippen molar-refractivity contribution in [1.82, 2.24) is 9.29 Å². The van der Waals surface area contributed by atoms with Crippen LogP contribution in [0.2, 0.25) is 0 Å². The maximum atomic E-state index is 12.2. The van der Waals surface area contributed by atoms with E-state index in [2.05, 4.69) is 9.71 Å². The highest BCUT2D eigenvalue weighted by molar-refractivity contribution is 7.89. The SMILES string of the molecule is COCCNS(=O)(=O)c1cccc(C(=O)N=c2sccn2C)c1. The zero-order valence-electron chi connectivity index (χ0n) is 12.7. The zero-order valence-corrected chi connectivity index (χ0v) is 14.4. The molecule has 2 rings (SSSR count). The van der Waals surface area contributed by atoms with E-state index in [-0.39, 0.29) is 23.6 Å². The molecule has 0 saturated carbocycles. The van der Waals surface area contributed by atoms with E-state index in [1.807, 2.05) is 5.38 Å². The van der Waals surface area contributed by atoms with Gasteiger partial charge in [-0.1, -0.05) is 6.07 Å². The fraction of sp³-hybridized carbons (Fsp3) is 0.286. The molecule has 0 bridgehead atoms. The molecular weight excluding hydrogens is 338 g/mol. The average Bonchev–Trinajstić information content (AvgIpc) is 2.93. The molecule has 0 saturated heterocycles. The highest BCUT2D eigenvalue weighted by Crippen LogP contribution is 2.12. The van der Waals surface area contributed by atoms with Crippen molar-refractivity contribution in [3.05, 3.63) is 46.2 Å². The van der Waals surface area contributed by atoms with E-state index in [1.54, 1.807) is 17.8 Å². The highest BCUT2D eigenvalue weighted by Gasteiger charge is 2.15. The third-order valence-corrected chi connectivity index (χ3v) is 5.25. The van der Waals surface area contributed by atoms with E-state index in [9.17, 15) is 13.2 Å². The van der Waals surface area contributed by atoms with Crippen molar-refractivity contribution in [2.75, 3.05) is 20.3 Å². The second kappa shape index (κ2) is 7.64. The molecular formula is C14H17N3O4S2. The van der Waals surface area contributed by atoms with Gasteiger partial charge < -0.3 is 9.30 Å². The average molecular weight is 355 g/mol. The quantitative estimate of drug-likeness (QED) is 0.775. The van der Waals surface area contributed by atoms with Crippen molar-refractivity contribution in [1.29, 1.82) is 0 Å². The monoisotopic (exact) mass is 355 g/mol. The maximum absolute atomic E-state index is 12.2. The van der Waals surface area contributed by atoms with Crippen molar-refractivity contribution >= 4 is 27.3 Å². The van der Waals surface area contributed by atoms with Gasteiger partial charge in [-0.15, -0.1) is 11.3 Å². The minimum Gasteiger partial charge on any atom is -0.383 e. The highest BCUT2D eigenvalue weighted by atomic mass is 32.2. The first-order valence-electron chi connectivity index (χ1n) is 6.72. The normalized spacial score (nSPS) is 12.5. The molecule has 1 aromatic carbocycles. The second-order valence-corrected chi connectivity index (χ2v) is 7.27. The smallest absolute Gasteiger partial charge is 0.279 e. The van der Waals surface area contributed by atoms with Gasteiger partial charge in [-0.05, 0) is 18.2 Å². The summed E-state index contributed by atoms with van der Waals surface area (Å²) in [6.45, 7) is 0.425. The van der Waals surface area contributed by atoms with Crippen LogP contribution >= 0.6 is 11.3 Å². The molecule has 1 aromatic heterocycles. The van der Waals surface area contributed by atoms with Gasteiger partial charge in [0.05, 0.1) is 11.5 Å². The van der Waals surface area contributed by atoms with Gasteiger partial charge in [0.1, 0.15) is 0 Å². The van der Waals surface area contributed by atoms with Crippen molar-refractivity contribution in [3.8, 4) is 0 Å². The summed E-state index contributed by atoms with van der Waals surface area (Å²) >= 11 is 1.33. The third-order valence-electron chi connectivity index (χ3n) is 2.95.